The number of nitrogens with one attached hydrogen (secondary N) is 1. The molecule has 0 unspecified atom stereocenters. The number of hydrogen-bond donors (Lipinski definition) is 3. The molecule has 0 spiro atoms. The van der Waals surface area contributed by atoms with Crippen LogP contribution in [0.4, 0.5) is 4.79 Å². The molecule has 0 radical (unpaired) electrons. The Morgan fingerprint density at radius 1 is 1.56 bits per heavy atom. The average Bonchev–Trinajstić information content (AvgIpc) is 2.07. The number of amides is 1. The maximum atomic E-state index is 11.1. The first-order chi connectivity index (χ1) is 7.09. The van der Waals surface area contributed by atoms with Gasteiger partial charge in [0.1, 0.15) is 0 Å². The van der Waals surface area contributed by atoms with Crippen molar-refractivity contribution in [3.63, 3.8) is 0 Å². The van der Waals surface area contributed by atoms with Gasteiger partial charge in [0, 0.05) is 6.54 Å². The zero-order valence-corrected chi connectivity index (χ0v) is 12.2. The normalized spacial score (nSPS) is 14.4. The van der Waals surface area contributed by atoms with Crippen molar-refractivity contribution in [2.24, 2.45) is 0 Å². The van der Waals surface area contributed by atoms with E-state index in [9.17, 15) is 14.6 Å². The van der Waals surface area contributed by atoms with Gasteiger partial charge in [0.15, 0.2) is 0 Å². The van der Waals surface area contributed by atoms with Crippen LogP contribution in [0.1, 0.15) is 13.3 Å². The quantitative estimate of drug-likeness (QED) is 0.543. The van der Waals surface area contributed by atoms with Gasteiger partial charge in [-0.25, -0.2) is 4.79 Å². The molecule has 0 saturated carbocycles. The van der Waals surface area contributed by atoms with Crippen LogP contribution in [0.25, 0.3) is 0 Å². The largest absolute Gasteiger partial charge is 0.431 e. The van der Waals surface area contributed by atoms with Crippen LogP contribution >= 0.6 is 41.3 Å². The van der Waals surface area contributed by atoms with Gasteiger partial charge in [0.05, 0.1) is 0 Å². The van der Waals surface area contributed by atoms with E-state index < -0.39 is 22.2 Å². The highest BCUT2D eigenvalue weighted by Gasteiger charge is 2.45. The third-order valence-corrected chi connectivity index (χ3v) is 4.05. The van der Waals surface area contributed by atoms with Gasteiger partial charge in [-0.05, 0) is 18.2 Å². The molecular formula is C6H11Cl3NO4PS. The predicted octanol–water partition coefficient (Wildman–Crippen LogP) is 2.11. The van der Waals surface area contributed by atoms with E-state index in [0.29, 0.717) is 13.0 Å². The Kier molecular flexibility index (Phi) is 6.88. The summed E-state index contributed by atoms with van der Waals surface area (Å²) < 4.78 is 2.39. The van der Waals surface area contributed by atoms with Gasteiger partial charge in [0.2, 0.25) is 16.1 Å². The van der Waals surface area contributed by atoms with Crippen LogP contribution in [0.3, 0.4) is 0 Å². The summed E-state index contributed by atoms with van der Waals surface area (Å²) >= 11 is 20.6. The first-order valence-electron chi connectivity index (χ1n) is 4.15. The van der Waals surface area contributed by atoms with Gasteiger partial charge >= 0.3 is 6.09 Å². The molecule has 96 valence electrons. The topological polar surface area (TPSA) is 78.8 Å². The molecule has 0 heterocycles. The van der Waals surface area contributed by atoms with Gasteiger partial charge in [-0.15, -0.1) is 0 Å². The van der Waals surface area contributed by atoms with Gasteiger partial charge in [-0.2, -0.15) is 0 Å². The zero-order chi connectivity index (χ0) is 13.0. The monoisotopic (exact) mass is 329 g/mol. The van der Waals surface area contributed by atoms with E-state index in [1.807, 2.05) is 6.92 Å². The minimum absolute atomic E-state index is 0.352. The molecule has 0 saturated heterocycles. The fraction of sp³-hybridized carbons (Fsp3) is 0.833. The standard InChI is InChI=1S/C6H11Cl3NO4PS/c1-2-3-10-5(11)14-4(6(7,8)9)15(12,13)16/h4H,2-3H2,1H3,(H,10,11)(H2,12,13,16)/t4-/m0/s1. The van der Waals surface area contributed by atoms with E-state index in [-0.39, 0.29) is 0 Å². The number of hydrogen-bond acceptors (Lipinski definition) is 3. The molecule has 10 heteroatoms. The van der Waals surface area contributed by atoms with E-state index in [1.54, 1.807) is 0 Å². The highest BCUT2D eigenvalue weighted by molar-refractivity contribution is 8.09. The Balaban J connectivity index is 4.59. The molecule has 0 aromatic rings. The summed E-state index contributed by atoms with van der Waals surface area (Å²) in [5, 5.41) is 2.32. The molecule has 0 bridgehead atoms. The number of alkyl halides is 3. The fourth-order valence-electron chi connectivity index (χ4n) is 0.696. The minimum atomic E-state index is -4.03. The second-order valence-electron chi connectivity index (χ2n) is 2.82. The van der Waals surface area contributed by atoms with Gasteiger partial charge < -0.3 is 19.8 Å². The molecule has 0 aliphatic heterocycles. The van der Waals surface area contributed by atoms with Crippen molar-refractivity contribution in [1.82, 2.24) is 5.32 Å². The molecule has 0 fully saturated rings. The first kappa shape index (κ1) is 16.7. The Morgan fingerprint density at radius 2 is 2.06 bits per heavy atom. The van der Waals surface area contributed by atoms with Crippen molar-refractivity contribution in [2.75, 3.05) is 6.54 Å². The Bertz CT molecular complexity index is 292. The number of halogens is 3. The number of alkyl carbamates (subject to hydrolysis) is 1. The summed E-state index contributed by atoms with van der Waals surface area (Å²) in [6.07, 6.45) is -0.240. The van der Waals surface area contributed by atoms with Crippen LogP contribution in [-0.2, 0) is 16.5 Å². The van der Waals surface area contributed by atoms with Crippen LogP contribution in [0.2, 0.25) is 0 Å². The lowest BCUT2D eigenvalue weighted by Crippen LogP contribution is -2.36. The maximum absolute atomic E-state index is 11.1. The number of carbonyl (C=O) groups is 1. The van der Waals surface area contributed by atoms with E-state index >= 15 is 0 Å². The van der Waals surface area contributed by atoms with Crippen molar-refractivity contribution in [3.8, 4) is 0 Å². The van der Waals surface area contributed by atoms with Crippen LogP contribution in [0.15, 0.2) is 0 Å². The summed E-state index contributed by atoms with van der Waals surface area (Å²) in [4.78, 5) is 29.6. The number of ether oxygens (including phenoxy) is 1. The van der Waals surface area contributed by atoms with Gasteiger partial charge in [0.25, 0.3) is 0 Å². The van der Waals surface area contributed by atoms with Crippen LogP contribution in [0.5, 0.6) is 0 Å². The van der Waals surface area contributed by atoms with Crippen molar-refractivity contribution in [3.05, 3.63) is 0 Å². The van der Waals surface area contributed by atoms with Gasteiger partial charge in [-0.1, -0.05) is 41.7 Å². The van der Waals surface area contributed by atoms with Crippen molar-refractivity contribution in [1.29, 1.82) is 0 Å². The molecule has 0 aliphatic rings. The summed E-state index contributed by atoms with van der Waals surface area (Å²) in [6.45, 7) is -1.85. The molecule has 0 aromatic heterocycles. The number of carbonyl (C=O) groups excluding carboxylic acids is 1. The van der Waals surface area contributed by atoms with Crippen molar-refractivity contribution < 1.29 is 19.3 Å². The SMILES string of the molecule is CCCNC(=O)O[C@H](C(Cl)(Cl)Cl)P(O)(O)=S. The lowest BCUT2D eigenvalue weighted by molar-refractivity contribution is 0.126. The molecule has 3 N–H and O–H groups in total. The summed E-state index contributed by atoms with van der Waals surface area (Å²) in [5.74, 6) is -1.77. The Labute approximate surface area is 113 Å². The second-order valence-corrected chi connectivity index (χ2v) is 8.44. The lowest BCUT2D eigenvalue weighted by atomic mass is 10.5. The highest BCUT2D eigenvalue weighted by atomic mass is 35.6. The van der Waals surface area contributed by atoms with E-state index in [0.717, 1.165) is 0 Å². The third kappa shape index (κ3) is 6.45. The van der Waals surface area contributed by atoms with Gasteiger partial charge in [-0.3, -0.25) is 0 Å². The molecular weight excluding hydrogens is 319 g/mol. The van der Waals surface area contributed by atoms with E-state index in [2.05, 4.69) is 21.9 Å². The predicted molar refractivity (Wildman–Crippen MR) is 67.6 cm³/mol. The molecule has 16 heavy (non-hydrogen) atoms. The fourth-order valence-corrected chi connectivity index (χ4v) is 3.79. The second kappa shape index (κ2) is 6.59. The summed E-state index contributed by atoms with van der Waals surface area (Å²) in [7, 11) is 0. The molecule has 5 nitrogen and oxygen atoms in total. The molecule has 1 amide bonds. The average molecular weight is 331 g/mol. The van der Waals surface area contributed by atoms with E-state index in [4.69, 9.17) is 34.8 Å². The summed E-state index contributed by atoms with van der Waals surface area (Å²) in [5.41, 5.74) is 0. The van der Waals surface area contributed by atoms with Crippen molar-refractivity contribution >= 4 is 59.2 Å². The van der Waals surface area contributed by atoms with E-state index in [1.165, 1.54) is 0 Å². The first-order valence-corrected chi connectivity index (χ1v) is 8.06. The van der Waals surface area contributed by atoms with Crippen LogP contribution in [-0.4, -0.2) is 32.1 Å². The maximum Gasteiger partial charge on any atom is 0.408 e. The third-order valence-electron chi connectivity index (χ3n) is 1.32. The molecule has 0 aromatic carbocycles. The molecule has 0 rings (SSSR count). The smallest absolute Gasteiger partial charge is 0.408 e. The Hall–Kier alpha value is 0.710. The highest BCUT2D eigenvalue weighted by Crippen LogP contribution is 2.53. The zero-order valence-electron chi connectivity index (χ0n) is 8.19. The van der Waals surface area contributed by atoms with Crippen molar-refractivity contribution in [2.45, 2.75) is 23.0 Å². The molecule has 0 aliphatic carbocycles. The van der Waals surface area contributed by atoms with Crippen LogP contribution in [0, 0.1) is 0 Å². The molecule has 1 atom stereocenters. The van der Waals surface area contributed by atoms with Crippen LogP contribution < -0.4 is 5.32 Å². The number of rotatable bonds is 4. The minimum Gasteiger partial charge on any atom is -0.431 e. The lowest BCUT2D eigenvalue weighted by Gasteiger charge is -2.27. The Morgan fingerprint density at radius 3 is 2.38 bits per heavy atom. The summed E-state index contributed by atoms with van der Waals surface area (Å²) in [6, 6.07) is 0.